The van der Waals surface area contributed by atoms with E-state index in [1.807, 2.05) is 4.90 Å². The molecular weight excluding hydrogens is 297 g/mol. The van der Waals surface area contributed by atoms with Gasteiger partial charge in [-0.05, 0) is 48.9 Å². The van der Waals surface area contributed by atoms with E-state index in [2.05, 4.69) is 10.2 Å². The predicted molar refractivity (Wildman–Crippen MR) is 81.4 cm³/mol. The first-order chi connectivity index (χ1) is 11.1. The minimum Gasteiger partial charge on any atom is -0.337 e. The number of nitrogens with zero attached hydrogens (tertiary/aromatic N) is 4. The van der Waals surface area contributed by atoms with Gasteiger partial charge < -0.3 is 10.6 Å². The van der Waals surface area contributed by atoms with Gasteiger partial charge in [-0.2, -0.15) is 9.90 Å². The average Bonchev–Trinajstić information content (AvgIpc) is 3.25. The lowest BCUT2D eigenvalue weighted by molar-refractivity contribution is 0.0773. The molecule has 1 saturated heterocycles. The number of carbonyl (C=O) groups excluding carboxylic acids is 1. The molecule has 1 saturated carbocycles. The van der Waals surface area contributed by atoms with Gasteiger partial charge in [0, 0.05) is 19.1 Å². The Morgan fingerprint density at radius 1 is 1.22 bits per heavy atom. The maximum Gasteiger partial charge on any atom is 0.276 e. The zero-order valence-electron chi connectivity index (χ0n) is 12.6. The van der Waals surface area contributed by atoms with Crippen LogP contribution in [0.3, 0.4) is 0 Å². The average molecular weight is 315 g/mol. The molecule has 1 amide bonds. The van der Waals surface area contributed by atoms with Gasteiger partial charge in [0.05, 0.1) is 11.9 Å². The molecule has 4 rings (SSSR count). The highest BCUT2D eigenvalue weighted by molar-refractivity contribution is 5.92. The number of hydrogen-bond acceptors (Lipinski definition) is 4. The van der Waals surface area contributed by atoms with Crippen LogP contribution in [0.15, 0.2) is 30.5 Å². The molecule has 2 fully saturated rings. The highest BCUT2D eigenvalue weighted by Crippen LogP contribution is 2.37. The van der Waals surface area contributed by atoms with E-state index >= 15 is 0 Å². The normalized spacial score (nSPS) is 26.5. The largest absolute Gasteiger partial charge is 0.337 e. The van der Waals surface area contributed by atoms with Gasteiger partial charge in [0.25, 0.3) is 5.91 Å². The molecule has 1 aromatic heterocycles. The standard InChI is InChI=1S/C16H18FN5O/c17-11-2-4-12(5-3-11)22-19-7-15(20-22)16(23)21-8-10-1-6-14(18)13(10)9-21/h2-5,7,10,13-14H,1,6,8-9,18H2. The Morgan fingerprint density at radius 2 is 2.00 bits per heavy atom. The van der Waals surface area contributed by atoms with Crippen molar-refractivity contribution < 1.29 is 9.18 Å². The second kappa shape index (κ2) is 5.42. The monoisotopic (exact) mass is 315 g/mol. The first-order valence-corrected chi connectivity index (χ1v) is 7.85. The number of nitrogens with two attached hydrogens (primary N) is 1. The molecule has 1 aliphatic heterocycles. The van der Waals surface area contributed by atoms with Gasteiger partial charge in [0.15, 0.2) is 5.69 Å². The molecule has 2 N–H and O–H groups in total. The first-order valence-electron chi connectivity index (χ1n) is 7.85. The maximum absolute atomic E-state index is 13.0. The van der Waals surface area contributed by atoms with E-state index in [0.717, 1.165) is 19.4 Å². The van der Waals surface area contributed by atoms with Crippen LogP contribution < -0.4 is 5.73 Å². The van der Waals surface area contributed by atoms with Crippen LogP contribution in [-0.2, 0) is 0 Å². The second-order valence-electron chi connectivity index (χ2n) is 6.37. The van der Waals surface area contributed by atoms with E-state index in [1.165, 1.54) is 23.1 Å². The van der Waals surface area contributed by atoms with Crippen LogP contribution in [0.2, 0.25) is 0 Å². The molecule has 1 aromatic carbocycles. The van der Waals surface area contributed by atoms with Gasteiger partial charge in [-0.1, -0.05) is 0 Å². The van der Waals surface area contributed by atoms with Crippen molar-refractivity contribution in [2.24, 2.45) is 17.6 Å². The van der Waals surface area contributed by atoms with Crippen molar-refractivity contribution in [3.8, 4) is 5.69 Å². The Labute approximate surface area is 133 Å². The molecule has 23 heavy (non-hydrogen) atoms. The van der Waals surface area contributed by atoms with Crippen molar-refractivity contribution in [1.29, 1.82) is 0 Å². The number of benzene rings is 1. The van der Waals surface area contributed by atoms with Crippen molar-refractivity contribution >= 4 is 5.91 Å². The van der Waals surface area contributed by atoms with E-state index in [0.29, 0.717) is 29.8 Å². The van der Waals surface area contributed by atoms with Gasteiger partial charge in [-0.15, -0.1) is 5.10 Å². The number of aromatic nitrogens is 3. The van der Waals surface area contributed by atoms with Crippen LogP contribution >= 0.6 is 0 Å². The van der Waals surface area contributed by atoms with Crippen LogP contribution in [0, 0.1) is 17.7 Å². The predicted octanol–water partition coefficient (Wildman–Crippen LogP) is 1.22. The Bertz CT molecular complexity index is 728. The van der Waals surface area contributed by atoms with E-state index in [4.69, 9.17) is 5.73 Å². The van der Waals surface area contributed by atoms with Crippen LogP contribution in [-0.4, -0.2) is 44.9 Å². The topological polar surface area (TPSA) is 77.0 Å². The smallest absolute Gasteiger partial charge is 0.276 e. The molecule has 2 aromatic rings. The fourth-order valence-corrected chi connectivity index (χ4v) is 3.70. The Morgan fingerprint density at radius 3 is 2.74 bits per heavy atom. The number of rotatable bonds is 2. The lowest BCUT2D eigenvalue weighted by atomic mass is 9.98. The molecule has 1 aliphatic carbocycles. The van der Waals surface area contributed by atoms with Crippen molar-refractivity contribution in [2.45, 2.75) is 18.9 Å². The molecule has 2 heterocycles. The lowest BCUT2D eigenvalue weighted by Gasteiger charge is -2.17. The summed E-state index contributed by atoms with van der Waals surface area (Å²) in [7, 11) is 0. The number of carbonyl (C=O) groups is 1. The number of amides is 1. The van der Waals surface area contributed by atoms with E-state index < -0.39 is 0 Å². The highest BCUT2D eigenvalue weighted by atomic mass is 19.1. The zero-order chi connectivity index (χ0) is 16.0. The summed E-state index contributed by atoms with van der Waals surface area (Å²) in [6, 6.07) is 6.02. The van der Waals surface area contributed by atoms with Crippen LogP contribution in [0.4, 0.5) is 4.39 Å². The second-order valence-corrected chi connectivity index (χ2v) is 6.37. The summed E-state index contributed by atoms with van der Waals surface area (Å²) in [6.07, 6.45) is 3.61. The van der Waals surface area contributed by atoms with Crippen molar-refractivity contribution in [3.63, 3.8) is 0 Å². The Kier molecular flexibility index (Phi) is 3.37. The molecular formula is C16H18FN5O. The third-order valence-corrected chi connectivity index (χ3v) is 4.97. The molecule has 7 heteroatoms. The quantitative estimate of drug-likeness (QED) is 0.904. The summed E-state index contributed by atoms with van der Waals surface area (Å²) < 4.78 is 13.0. The van der Waals surface area contributed by atoms with Crippen molar-refractivity contribution in [3.05, 3.63) is 42.0 Å². The fraction of sp³-hybridized carbons (Fsp3) is 0.438. The van der Waals surface area contributed by atoms with Gasteiger partial charge in [0.2, 0.25) is 0 Å². The fourth-order valence-electron chi connectivity index (χ4n) is 3.70. The minimum atomic E-state index is -0.322. The summed E-state index contributed by atoms with van der Waals surface area (Å²) in [4.78, 5) is 15.8. The SMILES string of the molecule is NC1CCC2CN(C(=O)c3cnn(-c4ccc(F)cc4)n3)CC12. The lowest BCUT2D eigenvalue weighted by Crippen LogP contribution is -2.33. The highest BCUT2D eigenvalue weighted by Gasteiger charge is 2.43. The minimum absolute atomic E-state index is 0.111. The number of hydrogen-bond donors (Lipinski definition) is 1. The third kappa shape index (κ3) is 2.50. The van der Waals surface area contributed by atoms with Crippen LogP contribution in [0.5, 0.6) is 0 Å². The molecule has 3 unspecified atom stereocenters. The zero-order valence-corrected chi connectivity index (χ0v) is 12.6. The molecule has 0 radical (unpaired) electrons. The van der Waals surface area contributed by atoms with Gasteiger partial charge >= 0.3 is 0 Å². The number of halogens is 1. The summed E-state index contributed by atoms with van der Waals surface area (Å²) >= 11 is 0. The van der Waals surface area contributed by atoms with Crippen LogP contribution in [0.25, 0.3) is 5.69 Å². The van der Waals surface area contributed by atoms with E-state index in [1.54, 1.807) is 12.1 Å². The molecule has 120 valence electrons. The molecule has 0 bridgehead atoms. The van der Waals surface area contributed by atoms with Gasteiger partial charge in [-0.3, -0.25) is 4.79 Å². The third-order valence-electron chi connectivity index (χ3n) is 4.97. The Balaban J connectivity index is 1.51. The van der Waals surface area contributed by atoms with Gasteiger partial charge in [-0.25, -0.2) is 4.39 Å². The molecule has 0 spiro atoms. The van der Waals surface area contributed by atoms with E-state index in [9.17, 15) is 9.18 Å². The first kappa shape index (κ1) is 14.3. The molecule has 3 atom stereocenters. The summed E-state index contributed by atoms with van der Waals surface area (Å²) in [5.41, 5.74) is 7.04. The van der Waals surface area contributed by atoms with E-state index in [-0.39, 0.29) is 17.8 Å². The van der Waals surface area contributed by atoms with Crippen LogP contribution in [0.1, 0.15) is 23.3 Å². The summed E-state index contributed by atoms with van der Waals surface area (Å²) in [5.74, 6) is 0.490. The molecule has 2 aliphatic rings. The van der Waals surface area contributed by atoms with Gasteiger partial charge in [0.1, 0.15) is 5.82 Å². The van der Waals surface area contributed by atoms with Crippen molar-refractivity contribution in [1.82, 2.24) is 19.9 Å². The molecule has 6 nitrogen and oxygen atoms in total. The maximum atomic E-state index is 13.0. The summed E-state index contributed by atoms with van der Waals surface area (Å²) in [5, 5.41) is 8.33. The summed E-state index contributed by atoms with van der Waals surface area (Å²) in [6.45, 7) is 1.45. The van der Waals surface area contributed by atoms with Crippen molar-refractivity contribution in [2.75, 3.05) is 13.1 Å². The number of likely N-dealkylation sites (tertiary alicyclic amines) is 1. The number of fused-ring (bicyclic) bond motifs is 1. The Hall–Kier alpha value is -2.28.